The van der Waals surface area contributed by atoms with E-state index in [1.54, 1.807) is 6.33 Å². The molecule has 1 heterocycles. The van der Waals surface area contributed by atoms with E-state index in [1.807, 2.05) is 7.05 Å². The van der Waals surface area contributed by atoms with Crippen LogP contribution in [0.4, 0.5) is 0 Å². The second kappa shape index (κ2) is 5.10. The summed E-state index contributed by atoms with van der Waals surface area (Å²) in [6.07, 6.45) is 2.45. The lowest BCUT2D eigenvalue weighted by Gasteiger charge is -2.14. The average molecular weight is 230 g/mol. The molecule has 90 valence electrons. The van der Waals surface area contributed by atoms with Crippen molar-refractivity contribution in [1.82, 2.24) is 20.5 Å². The summed E-state index contributed by atoms with van der Waals surface area (Å²) in [5.74, 6) is 0.881. The molecule has 0 radical (unpaired) electrons. The summed E-state index contributed by atoms with van der Waals surface area (Å²) in [5.41, 5.74) is 3.91. The van der Waals surface area contributed by atoms with Gasteiger partial charge in [-0.3, -0.25) is 5.10 Å². The lowest BCUT2D eigenvalue weighted by Crippen LogP contribution is -2.20. The highest BCUT2D eigenvalue weighted by molar-refractivity contribution is 5.29. The fourth-order valence-electron chi connectivity index (χ4n) is 2.14. The molecule has 0 bridgehead atoms. The van der Waals surface area contributed by atoms with Gasteiger partial charge in [-0.05, 0) is 32.9 Å². The van der Waals surface area contributed by atoms with Gasteiger partial charge in [0.2, 0.25) is 0 Å². The van der Waals surface area contributed by atoms with Crippen LogP contribution in [0.15, 0.2) is 24.5 Å². The first-order valence-electron chi connectivity index (χ1n) is 5.78. The number of aromatic nitrogens is 3. The fraction of sp³-hybridized carbons (Fsp3) is 0.385. The highest BCUT2D eigenvalue weighted by Crippen LogP contribution is 2.16. The van der Waals surface area contributed by atoms with Gasteiger partial charge in [-0.2, -0.15) is 5.10 Å². The molecule has 0 aliphatic rings. The Morgan fingerprint density at radius 3 is 2.47 bits per heavy atom. The monoisotopic (exact) mass is 230 g/mol. The van der Waals surface area contributed by atoms with Crippen molar-refractivity contribution < 1.29 is 0 Å². The number of nitrogens with zero attached hydrogens (tertiary/aromatic N) is 2. The first kappa shape index (κ1) is 11.8. The van der Waals surface area contributed by atoms with Gasteiger partial charge in [0, 0.05) is 0 Å². The molecule has 0 aliphatic heterocycles. The molecule has 1 aromatic carbocycles. The summed E-state index contributed by atoms with van der Waals surface area (Å²) in [5, 5.41) is 10.1. The third-order valence-electron chi connectivity index (χ3n) is 2.83. The van der Waals surface area contributed by atoms with E-state index >= 15 is 0 Å². The van der Waals surface area contributed by atoms with E-state index in [-0.39, 0.29) is 6.04 Å². The number of aryl methyl sites for hydroxylation is 2. The number of hydrogen-bond donors (Lipinski definition) is 2. The molecule has 0 spiro atoms. The van der Waals surface area contributed by atoms with Crippen molar-refractivity contribution in [3.05, 3.63) is 47.0 Å². The van der Waals surface area contributed by atoms with Gasteiger partial charge in [-0.25, -0.2) is 4.98 Å². The van der Waals surface area contributed by atoms with E-state index in [1.165, 1.54) is 16.7 Å². The Labute approximate surface area is 101 Å². The number of rotatable bonds is 4. The van der Waals surface area contributed by atoms with E-state index in [0.717, 1.165) is 12.2 Å². The molecule has 1 unspecified atom stereocenters. The number of benzene rings is 1. The van der Waals surface area contributed by atoms with Crippen molar-refractivity contribution >= 4 is 0 Å². The molecule has 0 saturated heterocycles. The van der Waals surface area contributed by atoms with Crippen LogP contribution in [0.25, 0.3) is 0 Å². The van der Waals surface area contributed by atoms with Crippen LogP contribution in [-0.4, -0.2) is 22.2 Å². The zero-order valence-electron chi connectivity index (χ0n) is 10.5. The maximum Gasteiger partial charge on any atom is 0.141 e. The van der Waals surface area contributed by atoms with Crippen LogP contribution in [0.3, 0.4) is 0 Å². The Bertz CT molecular complexity index is 456. The molecule has 4 nitrogen and oxygen atoms in total. The zero-order chi connectivity index (χ0) is 12.3. The average Bonchev–Trinajstić information content (AvgIpc) is 2.77. The van der Waals surface area contributed by atoms with Crippen molar-refractivity contribution in [3.63, 3.8) is 0 Å². The molecule has 2 N–H and O–H groups in total. The molecule has 2 rings (SSSR count). The zero-order valence-corrected chi connectivity index (χ0v) is 10.5. The Morgan fingerprint density at radius 2 is 1.94 bits per heavy atom. The summed E-state index contributed by atoms with van der Waals surface area (Å²) >= 11 is 0. The number of nitrogens with one attached hydrogen (secondary N) is 2. The minimum atomic E-state index is 0.179. The molecule has 2 aromatic rings. The van der Waals surface area contributed by atoms with Crippen LogP contribution in [0.1, 0.15) is 28.6 Å². The van der Waals surface area contributed by atoms with Gasteiger partial charge >= 0.3 is 0 Å². The minimum Gasteiger partial charge on any atom is -0.310 e. The number of likely N-dealkylation sites (N-methyl/N-ethyl adjacent to an activating group) is 1. The van der Waals surface area contributed by atoms with E-state index in [4.69, 9.17) is 0 Å². The second-order valence-electron chi connectivity index (χ2n) is 4.41. The van der Waals surface area contributed by atoms with Crippen molar-refractivity contribution in [2.75, 3.05) is 7.05 Å². The number of hydrogen-bond acceptors (Lipinski definition) is 3. The maximum atomic E-state index is 4.20. The molecule has 0 amide bonds. The van der Waals surface area contributed by atoms with Crippen molar-refractivity contribution in [2.24, 2.45) is 0 Å². The molecular formula is C13H18N4. The van der Waals surface area contributed by atoms with Gasteiger partial charge < -0.3 is 5.32 Å². The van der Waals surface area contributed by atoms with Gasteiger partial charge in [-0.1, -0.05) is 29.3 Å². The molecule has 17 heavy (non-hydrogen) atoms. The van der Waals surface area contributed by atoms with Crippen molar-refractivity contribution in [3.8, 4) is 0 Å². The van der Waals surface area contributed by atoms with E-state index in [0.29, 0.717) is 0 Å². The topological polar surface area (TPSA) is 53.6 Å². The van der Waals surface area contributed by atoms with Crippen LogP contribution >= 0.6 is 0 Å². The molecule has 1 aromatic heterocycles. The van der Waals surface area contributed by atoms with Gasteiger partial charge in [0.15, 0.2) is 0 Å². The number of H-pyrrole nitrogens is 1. The highest BCUT2D eigenvalue weighted by atomic mass is 15.2. The second-order valence-corrected chi connectivity index (χ2v) is 4.41. The summed E-state index contributed by atoms with van der Waals surface area (Å²) in [6.45, 7) is 4.25. The Morgan fingerprint density at radius 1 is 1.24 bits per heavy atom. The third-order valence-corrected chi connectivity index (χ3v) is 2.83. The van der Waals surface area contributed by atoms with E-state index in [2.05, 4.69) is 52.5 Å². The predicted octanol–water partition coefficient (Wildman–Crippen LogP) is 1.92. The minimum absolute atomic E-state index is 0.179. The smallest absolute Gasteiger partial charge is 0.141 e. The van der Waals surface area contributed by atoms with Crippen LogP contribution < -0.4 is 5.32 Å². The first-order valence-corrected chi connectivity index (χ1v) is 5.78. The molecular weight excluding hydrogens is 212 g/mol. The molecule has 1 atom stereocenters. The van der Waals surface area contributed by atoms with Crippen molar-refractivity contribution in [1.29, 1.82) is 0 Å². The van der Waals surface area contributed by atoms with Crippen LogP contribution in [0, 0.1) is 13.8 Å². The van der Waals surface area contributed by atoms with Gasteiger partial charge in [0.05, 0.1) is 6.04 Å². The van der Waals surface area contributed by atoms with Crippen LogP contribution in [0.2, 0.25) is 0 Å². The first-order chi connectivity index (χ1) is 8.19. The van der Waals surface area contributed by atoms with Gasteiger partial charge in [-0.15, -0.1) is 0 Å². The fourth-order valence-corrected chi connectivity index (χ4v) is 2.14. The molecule has 0 fully saturated rings. The summed E-state index contributed by atoms with van der Waals surface area (Å²) in [6, 6.07) is 6.80. The molecule has 0 saturated carbocycles. The normalized spacial score (nSPS) is 12.6. The summed E-state index contributed by atoms with van der Waals surface area (Å²) in [4.78, 5) is 4.20. The Hall–Kier alpha value is -1.68. The lowest BCUT2D eigenvalue weighted by molar-refractivity contribution is 0.559. The molecule has 0 aliphatic carbocycles. The predicted molar refractivity (Wildman–Crippen MR) is 67.8 cm³/mol. The standard InChI is InChI=1S/C13H18N4/c1-9-4-10(2)6-11(5-9)7-12(14-3)13-15-8-16-17-13/h4-6,8,12,14H,7H2,1-3H3,(H,15,16,17). The summed E-state index contributed by atoms with van der Waals surface area (Å²) < 4.78 is 0. The Balaban J connectivity index is 2.18. The van der Waals surface area contributed by atoms with Gasteiger partial charge in [0.25, 0.3) is 0 Å². The van der Waals surface area contributed by atoms with Crippen LogP contribution in [0.5, 0.6) is 0 Å². The SMILES string of the molecule is CNC(Cc1cc(C)cc(C)c1)c1ncn[nH]1. The largest absolute Gasteiger partial charge is 0.310 e. The highest BCUT2D eigenvalue weighted by Gasteiger charge is 2.13. The maximum absolute atomic E-state index is 4.20. The quantitative estimate of drug-likeness (QED) is 0.843. The molecule has 4 heteroatoms. The third kappa shape index (κ3) is 2.91. The van der Waals surface area contributed by atoms with Crippen molar-refractivity contribution in [2.45, 2.75) is 26.3 Å². The number of aromatic amines is 1. The lowest BCUT2D eigenvalue weighted by atomic mass is 10.0. The van der Waals surface area contributed by atoms with E-state index in [9.17, 15) is 0 Å². The summed E-state index contributed by atoms with van der Waals surface area (Å²) in [7, 11) is 1.94. The Kier molecular flexibility index (Phi) is 3.54. The van der Waals surface area contributed by atoms with Gasteiger partial charge in [0.1, 0.15) is 12.2 Å². The van der Waals surface area contributed by atoms with Crippen LogP contribution in [-0.2, 0) is 6.42 Å². The van der Waals surface area contributed by atoms with E-state index < -0.39 is 0 Å².